The number of carbonyl (C=O) groups excluding carboxylic acids is 1. The second-order valence-electron chi connectivity index (χ2n) is 6.45. The Morgan fingerprint density at radius 3 is 2.57 bits per heavy atom. The van der Waals surface area contributed by atoms with Crippen LogP contribution in [0.4, 0.5) is 0 Å². The third-order valence-corrected chi connectivity index (χ3v) is 4.88. The highest BCUT2D eigenvalue weighted by Gasteiger charge is 2.16. The molecule has 6 heteroatoms. The van der Waals surface area contributed by atoms with Crippen LogP contribution in [0.2, 0.25) is 5.02 Å². The molecule has 5 nitrogen and oxygen atoms in total. The first kappa shape index (κ1) is 19.8. The summed E-state index contributed by atoms with van der Waals surface area (Å²) in [5.74, 6) is 0.514. The second kappa shape index (κ2) is 9.33. The summed E-state index contributed by atoms with van der Waals surface area (Å²) in [6.45, 7) is 4.76. The highest BCUT2D eigenvalue weighted by molar-refractivity contribution is 6.34. The Kier molecular flexibility index (Phi) is 6.61. The van der Waals surface area contributed by atoms with Crippen molar-refractivity contribution in [1.82, 2.24) is 15.3 Å². The van der Waals surface area contributed by atoms with Gasteiger partial charge >= 0.3 is 6.01 Å². The minimum Gasteiger partial charge on any atom is -0.424 e. The van der Waals surface area contributed by atoms with Crippen molar-refractivity contribution in [2.24, 2.45) is 0 Å². The number of rotatable bonds is 7. The van der Waals surface area contributed by atoms with Crippen molar-refractivity contribution in [3.63, 3.8) is 0 Å². The molecule has 0 radical (unpaired) electrons. The summed E-state index contributed by atoms with van der Waals surface area (Å²) >= 11 is 6.30. The lowest BCUT2D eigenvalue weighted by Crippen LogP contribution is -2.28. The standard InChI is InChI=1S/C22H22ClN3O2/c1-3-16(18-8-5-4-7-15(18)2)14-26-21(27)19-10-9-17(13-20(19)23)28-22-24-11-6-12-25-22/h4-13,16H,3,14H2,1-2H3,(H,26,27). The van der Waals surface area contributed by atoms with Crippen LogP contribution in [0.25, 0.3) is 0 Å². The maximum atomic E-state index is 12.6. The predicted octanol–water partition coefficient (Wildman–Crippen LogP) is 5.15. The normalized spacial score (nSPS) is 11.7. The molecule has 3 aromatic rings. The zero-order valence-electron chi connectivity index (χ0n) is 15.9. The largest absolute Gasteiger partial charge is 0.424 e. The molecule has 0 bridgehead atoms. The van der Waals surface area contributed by atoms with Gasteiger partial charge in [-0.3, -0.25) is 4.79 Å². The van der Waals surface area contributed by atoms with Gasteiger partial charge in [-0.1, -0.05) is 42.8 Å². The molecule has 1 amide bonds. The summed E-state index contributed by atoms with van der Waals surface area (Å²) in [5.41, 5.74) is 2.89. The predicted molar refractivity (Wildman–Crippen MR) is 110 cm³/mol. The maximum Gasteiger partial charge on any atom is 0.321 e. The van der Waals surface area contributed by atoms with Gasteiger partial charge in [-0.05, 0) is 42.7 Å². The van der Waals surface area contributed by atoms with Gasteiger partial charge in [0.25, 0.3) is 5.91 Å². The molecule has 1 N–H and O–H groups in total. The van der Waals surface area contributed by atoms with E-state index in [0.29, 0.717) is 22.9 Å². The van der Waals surface area contributed by atoms with Gasteiger partial charge in [0.2, 0.25) is 0 Å². The Balaban J connectivity index is 1.66. The van der Waals surface area contributed by atoms with Crippen molar-refractivity contribution in [2.75, 3.05) is 6.54 Å². The molecule has 0 fully saturated rings. The molecule has 3 rings (SSSR count). The lowest BCUT2D eigenvalue weighted by molar-refractivity contribution is 0.0951. The third kappa shape index (κ3) is 4.87. The number of carbonyl (C=O) groups is 1. The number of halogens is 1. The number of aromatic nitrogens is 2. The molecule has 144 valence electrons. The minimum absolute atomic E-state index is 0.209. The first-order valence-electron chi connectivity index (χ1n) is 9.16. The SMILES string of the molecule is CCC(CNC(=O)c1ccc(Oc2ncccn2)cc1Cl)c1ccccc1C. The summed E-state index contributed by atoms with van der Waals surface area (Å²) in [5, 5.41) is 3.31. The Hall–Kier alpha value is -2.92. The molecule has 1 aromatic heterocycles. The van der Waals surface area contributed by atoms with E-state index in [4.69, 9.17) is 16.3 Å². The van der Waals surface area contributed by atoms with E-state index in [1.165, 1.54) is 11.1 Å². The number of amides is 1. The topological polar surface area (TPSA) is 64.1 Å². The second-order valence-corrected chi connectivity index (χ2v) is 6.85. The van der Waals surface area contributed by atoms with Crippen LogP contribution in [0, 0.1) is 6.92 Å². The van der Waals surface area contributed by atoms with Crippen molar-refractivity contribution in [3.05, 3.63) is 82.6 Å². The van der Waals surface area contributed by atoms with Gasteiger partial charge in [-0.15, -0.1) is 0 Å². The molecular formula is C22H22ClN3O2. The number of aryl methyl sites for hydroxylation is 1. The molecule has 1 atom stereocenters. The summed E-state index contributed by atoms with van der Waals surface area (Å²) < 4.78 is 5.54. The molecule has 0 aliphatic carbocycles. The van der Waals surface area contributed by atoms with Crippen LogP contribution >= 0.6 is 11.6 Å². The molecule has 0 saturated heterocycles. The average molecular weight is 396 g/mol. The molecule has 0 saturated carbocycles. The van der Waals surface area contributed by atoms with Crippen LogP contribution in [0.1, 0.15) is 40.7 Å². The highest BCUT2D eigenvalue weighted by Crippen LogP contribution is 2.26. The number of hydrogen-bond acceptors (Lipinski definition) is 4. The molecule has 28 heavy (non-hydrogen) atoms. The van der Waals surface area contributed by atoms with E-state index in [0.717, 1.165) is 6.42 Å². The van der Waals surface area contributed by atoms with Gasteiger partial charge in [-0.2, -0.15) is 0 Å². The number of hydrogen-bond donors (Lipinski definition) is 1. The fraction of sp³-hybridized carbons (Fsp3) is 0.227. The van der Waals surface area contributed by atoms with Crippen LogP contribution in [-0.2, 0) is 0 Å². The lowest BCUT2D eigenvalue weighted by Gasteiger charge is -2.18. The van der Waals surface area contributed by atoms with E-state index in [2.05, 4.69) is 41.3 Å². The van der Waals surface area contributed by atoms with Crippen molar-refractivity contribution in [1.29, 1.82) is 0 Å². The monoisotopic (exact) mass is 395 g/mol. The third-order valence-electron chi connectivity index (χ3n) is 4.57. The Morgan fingerprint density at radius 1 is 1.14 bits per heavy atom. The molecule has 1 heterocycles. The van der Waals surface area contributed by atoms with E-state index in [-0.39, 0.29) is 17.8 Å². The summed E-state index contributed by atoms with van der Waals surface area (Å²) in [4.78, 5) is 20.6. The summed E-state index contributed by atoms with van der Waals surface area (Å²) in [6.07, 6.45) is 4.11. The Labute approximate surface area is 169 Å². The first-order valence-corrected chi connectivity index (χ1v) is 9.54. The van der Waals surface area contributed by atoms with Crippen LogP contribution in [-0.4, -0.2) is 22.4 Å². The summed E-state index contributed by atoms with van der Waals surface area (Å²) in [6, 6.07) is 15.1. The Bertz CT molecular complexity index is 948. The molecule has 0 aliphatic heterocycles. The van der Waals surface area contributed by atoms with Gasteiger partial charge < -0.3 is 10.1 Å². The molecule has 2 aromatic carbocycles. The quantitative estimate of drug-likeness (QED) is 0.600. The van der Waals surface area contributed by atoms with Crippen molar-refractivity contribution in [3.8, 4) is 11.8 Å². The highest BCUT2D eigenvalue weighted by atomic mass is 35.5. The van der Waals surface area contributed by atoms with Crippen molar-refractivity contribution >= 4 is 17.5 Å². The number of nitrogens with one attached hydrogen (secondary N) is 1. The van der Waals surface area contributed by atoms with Crippen LogP contribution in [0.3, 0.4) is 0 Å². The number of nitrogens with zero attached hydrogens (tertiary/aromatic N) is 2. The fourth-order valence-electron chi connectivity index (χ4n) is 3.02. The molecule has 0 aliphatic rings. The van der Waals surface area contributed by atoms with Gasteiger partial charge in [0.05, 0.1) is 10.6 Å². The minimum atomic E-state index is -0.209. The lowest BCUT2D eigenvalue weighted by atomic mass is 9.92. The van der Waals surface area contributed by atoms with Crippen LogP contribution in [0.15, 0.2) is 60.9 Å². The van der Waals surface area contributed by atoms with Gasteiger partial charge in [-0.25, -0.2) is 9.97 Å². The zero-order chi connectivity index (χ0) is 19.9. The molecule has 0 spiro atoms. The number of ether oxygens (including phenoxy) is 1. The van der Waals surface area contributed by atoms with Crippen molar-refractivity contribution in [2.45, 2.75) is 26.2 Å². The Morgan fingerprint density at radius 2 is 1.89 bits per heavy atom. The van der Waals surface area contributed by atoms with Gasteiger partial charge in [0, 0.05) is 30.9 Å². The number of benzene rings is 2. The molecule has 1 unspecified atom stereocenters. The summed E-state index contributed by atoms with van der Waals surface area (Å²) in [7, 11) is 0. The van der Waals surface area contributed by atoms with Gasteiger partial charge in [0.1, 0.15) is 5.75 Å². The van der Waals surface area contributed by atoms with E-state index in [9.17, 15) is 4.79 Å². The van der Waals surface area contributed by atoms with E-state index in [1.54, 1.807) is 36.7 Å². The molecular weight excluding hydrogens is 374 g/mol. The van der Waals surface area contributed by atoms with Crippen molar-refractivity contribution < 1.29 is 9.53 Å². The van der Waals surface area contributed by atoms with Gasteiger partial charge in [0.15, 0.2) is 0 Å². The van der Waals surface area contributed by atoms with E-state index >= 15 is 0 Å². The first-order chi connectivity index (χ1) is 13.6. The van der Waals surface area contributed by atoms with Crippen LogP contribution in [0.5, 0.6) is 11.8 Å². The van der Waals surface area contributed by atoms with E-state index < -0.39 is 0 Å². The fourth-order valence-corrected chi connectivity index (χ4v) is 3.27. The average Bonchev–Trinajstić information content (AvgIpc) is 2.70. The van der Waals surface area contributed by atoms with E-state index in [1.807, 2.05) is 12.1 Å². The maximum absolute atomic E-state index is 12.6. The smallest absolute Gasteiger partial charge is 0.321 e. The zero-order valence-corrected chi connectivity index (χ0v) is 16.6. The van der Waals surface area contributed by atoms with Crippen LogP contribution < -0.4 is 10.1 Å².